The Balaban J connectivity index is 2.24. The molecule has 1 rings (SSSR count). The highest BCUT2D eigenvalue weighted by Crippen LogP contribution is 2.11. The van der Waals surface area contributed by atoms with Gasteiger partial charge in [0.2, 0.25) is 0 Å². The van der Waals surface area contributed by atoms with Gasteiger partial charge in [0.1, 0.15) is 0 Å². The SMILES string of the molecule is CCC([SiH3])N1CCCCC1. The van der Waals surface area contributed by atoms with Gasteiger partial charge in [-0.15, -0.1) is 0 Å². The van der Waals surface area contributed by atoms with Gasteiger partial charge in [-0.05, 0) is 38.0 Å². The zero-order valence-electron chi connectivity index (χ0n) is 7.27. The van der Waals surface area contributed by atoms with Crippen LogP contribution in [0.3, 0.4) is 0 Å². The second-order valence-electron chi connectivity index (χ2n) is 3.35. The average molecular weight is 157 g/mol. The second kappa shape index (κ2) is 4.14. The molecule has 1 nitrogen and oxygen atoms in total. The van der Waals surface area contributed by atoms with Crippen molar-refractivity contribution in [2.75, 3.05) is 13.1 Å². The monoisotopic (exact) mass is 157 g/mol. The van der Waals surface area contributed by atoms with E-state index in [-0.39, 0.29) is 0 Å². The largest absolute Gasteiger partial charge is 0.304 e. The Hall–Kier alpha value is 0.177. The molecule has 0 radical (unpaired) electrons. The van der Waals surface area contributed by atoms with Crippen LogP contribution in [0.1, 0.15) is 32.6 Å². The lowest BCUT2D eigenvalue weighted by molar-refractivity contribution is 0.206. The van der Waals surface area contributed by atoms with Gasteiger partial charge >= 0.3 is 0 Å². The minimum atomic E-state index is 0.959. The van der Waals surface area contributed by atoms with Crippen LogP contribution in [-0.4, -0.2) is 33.9 Å². The predicted octanol–water partition coefficient (Wildman–Crippen LogP) is 0.574. The molecule has 0 aromatic rings. The van der Waals surface area contributed by atoms with E-state index in [9.17, 15) is 0 Å². The van der Waals surface area contributed by atoms with E-state index in [0.29, 0.717) is 0 Å². The lowest BCUT2D eigenvalue weighted by atomic mass is 10.1. The molecule has 0 aromatic heterocycles. The van der Waals surface area contributed by atoms with Crippen molar-refractivity contribution in [2.24, 2.45) is 0 Å². The van der Waals surface area contributed by atoms with Crippen LogP contribution >= 0.6 is 0 Å². The molecule has 1 saturated heterocycles. The van der Waals surface area contributed by atoms with Gasteiger partial charge in [-0.3, -0.25) is 0 Å². The average Bonchev–Trinajstić information content (AvgIpc) is 2.05. The molecule has 0 N–H and O–H groups in total. The Morgan fingerprint density at radius 3 is 2.40 bits per heavy atom. The Morgan fingerprint density at radius 2 is 1.90 bits per heavy atom. The first-order chi connectivity index (χ1) is 4.84. The molecule has 1 unspecified atom stereocenters. The molecule has 0 aromatic carbocycles. The quantitative estimate of drug-likeness (QED) is 0.530. The molecule has 0 bridgehead atoms. The Bertz CT molecular complexity index is 89.3. The summed E-state index contributed by atoms with van der Waals surface area (Å²) < 4.78 is 0. The van der Waals surface area contributed by atoms with E-state index in [1.807, 2.05) is 0 Å². The molecule has 1 fully saturated rings. The summed E-state index contributed by atoms with van der Waals surface area (Å²) in [6, 6.07) is 0. The highest BCUT2D eigenvalue weighted by atomic mass is 28.1. The van der Waals surface area contributed by atoms with Crippen molar-refractivity contribution in [1.82, 2.24) is 4.90 Å². The third kappa shape index (κ3) is 2.10. The van der Waals surface area contributed by atoms with E-state index in [0.717, 1.165) is 5.67 Å². The zero-order chi connectivity index (χ0) is 7.40. The van der Waals surface area contributed by atoms with Crippen LogP contribution in [-0.2, 0) is 0 Å². The van der Waals surface area contributed by atoms with Gasteiger partial charge in [-0.25, -0.2) is 0 Å². The summed E-state index contributed by atoms with van der Waals surface area (Å²) in [6.45, 7) is 5.07. The predicted molar refractivity (Wildman–Crippen MR) is 49.4 cm³/mol. The van der Waals surface area contributed by atoms with Crippen LogP contribution in [0.5, 0.6) is 0 Å². The number of hydrogen-bond donors (Lipinski definition) is 0. The van der Waals surface area contributed by atoms with Gasteiger partial charge in [0.15, 0.2) is 0 Å². The third-order valence-corrected chi connectivity index (χ3v) is 4.15. The van der Waals surface area contributed by atoms with Crippen LogP contribution in [0, 0.1) is 0 Å². The van der Waals surface area contributed by atoms with Crippen molar-refractivity contribution in [3.63, 3.8) is 0 Å². The molecule has 0 amide bonds. The van der Waals surface area contributed by atoms with Gasteiger partial charge in [-0.2, -0.15) is 0 Å². The maximum absolute atomic E-state index is 2.68. The molecule has 0 aliphatic carbocycles. The first-order valence-electron chi connectivity index (χ1n) is 4.58. The Morgan fingerprint density at radius 1 is 1.30 bits per heavy atom. The van der Waals surface area contributed by atoms with Crippen molar-refractivity contribution < 1.29 is 0 Å². The lowest BCUT2D eigenvalue weighted by Crippen LogP contribution is -2.39. The molecule has 60 valence electrons. The molecule has 1 atom stereocenters. The number of hydrogen-bond acceptors (Lipinski definition) is 1. The standard InChI is InChI=1S/C8H19NSi/c1-2-8(10)9-6-4-3-5-7-9/h8H,2-7H2,1,10H3. The van der Waals surface area contributed by atoms with Crippen molar-refractivity contribution >= 4 is 10.2 Å². The number of piperidine rings is 1. The lowest BCUT2D eigenvalue weighted by Gasteiger charge is -2.31. The van der Waals surface area contributed by atoms with Crippen molar-refractivity contribution in [1.29, 1.82) is 0 Å². The highest BCUT2D eigenvalue weighted by Gasteiger charge is 2.13. The summed E-state index contributed by atoms with van der Waals surface area (Å²) in [5.74, 6) is 0. The van der Waals surface area contributed by atoms with E-state index in [1.54, 1.807) is 0 Å². The maximum Gasteiger partial charge on any atom is 0.0244 e. The maximum atomic E-state index is 2.68. The second-order valence-corrected chi connectivity index (χ2v) is 4.69. The molecule has 2 heteroatoms. The first-order valence-corrected chi connectivity index (χ1v) is 5.74. The summed E-state index contributed by atoms with van der Waals surface area (Å²) in [5.41, 5.74) is 0.959. The molecule has 0 saturated carbocycles. The van der Waals surface area contributed by atoms with Crippen LogP contribution < -0.4 is 0 Å². The van der Waals surface area contributed by atoms with Crippen LogP contribution in [0.4, 0.5) is 0 Å². The van der Waals surface area contributed by atoms with E-state index in [4.69, 9.17) is 0 Å². The fourth-order valence-corrected chi connectivity index (χ4v) is 2.13. The molecular weight excluding hydrogens is 138 g/mol. The van der Waals surface area contributed by atoms with Gasteiger partial charge in [0.25, 0.3) is 0 Å². The summed E-state index contributed by atoms with van der Waals surface area (Å²) in [7, 11) is 1.36. The molecular formula is C8H19NSi. The van der Waals surface area contributed by atoms with Crippen molar-refractivity contribution in [3.05, 3.63) is 0 Å². The number of likely N-dealkylation sites (tertiary alicyclic amines) is 1. The topological polar surface area (TPSA) is 3.24 Å². The van der Waals surface area contributed by atoms with Gasteiger partial charge in [-0.1, -0.05) is 13.3 Å². The van der Waals surface area contributed by atoms with Gasteiger partial charge in [0.05, 0.1) is 0 Å². The van der Waals surface area contributed by atoms with Crippen LogP contribution in [0.25, 0.3) is 0 Å². The summed E-state index contributed by atoms with van der Waals surface area (Å²) in [4.78, 5) is 2.68. The van der Waals surface area contributed by atoms with E-state index < -0.39 is 0 Å². The smallest absolute Gasteiger partial charge is 0.0244 e. The van der Waals surface area contributed by atoms with Crippen molar-refractivity contribution in [3.8, 4) is 0 Å². The van der Waals surface area contributed by atoms with Crippen molar-refractivity contribution in [2.45, 2.75) is 38.3 Å². The highest BCUT2D eigenvalue weighted by molar-refractivity contribution is 6.11. The summed E-state index contributed by atoms with van der Waals surface area (Å²) in [5, 5.41) is 0. The summed E-state index contributed by atoms with van der Waals surface area (Å²) in [6.07, 6.45) is 5.72. The zero-order valence-corrected chi connectivity index (χ0v) is 9.27. The molecule has 10 heavy (non-hydrogen) atoms. The first kappa shape index (κ1) is 8.28. The number of rotatable bonds is 2. The summed E-state index contributed by atoms with van der Waals surface area (Å²) >= 11 is 0. The molecule has 1 aliphatic heterocycles. The van der Waals surface area contributed by atoms with Crippen LogP contribution in [0.15, 0.2) is 0 Å². The third-order valence-electron chi connectivity index (χ3n) is 2.60. The Labute approximate surface area is 67.2 Å². The fraction of sp³-hybridized carbons (Fsp3) is 1.00. The number of nitrogens with zero attached hydrogens (tertiary/aromatic N) is 1. The Kier molecular flexibility index (Phi) is 3.42. The molecule has 1 aliphatic rings. The van der Waals surface area contributed by atoms with Gasteiger partial charge < -0.3 is 4.90 Å². The van der Waals surface area contributed by atoms with E-state index in [1.165, 1.54) is 49.0 Å². The van der Waals surface area contributed by atoms with E-state index >= 15 is 0 Å². The minimum absolute atomic E-state index is 0.959. The fourth-order valence-electron chi connectivity index (χ4n) is 1.62. The normalized spacial score (nSPS) is 24.9. The van der Waals surface area contributed by atoms with E-state index in [2.05, 4.69) is 11.8 Å². The molecule has 0 spiro atoms. The van der Waals surface area contributed by atoms with Gasteiger partial charge in [0, 0.05) is 10.2 Å². The minimum Gasteiger partial charge on any atom is -0.304 e. The molecule has 1 heterocycles. The van der Waals surface area contributed by atoms with Crippen LogP contribution in [0.2, 0.25) is 0 Å².